The van der Waals surface area contributed by atoms with Crippen molar-refractivity contribution in [1.29, 1.82) is 0 Å². The van der Waals surface area contributed by atoms with E-state index in [0.717, 1.165) is 48.2 Å². The number of fused-ring (bicyclic) bond motifs is 1. The van der Waals surface area contributed by atoms with E-state index in [-0.39, 0.29) is 18.1 Å². The molecule has 1 saturated heterocycles. The Morgan fingerprint density at radius 2 is 1.92 bits per heavy atom. The van der Waals surface area contributed by atoms with Crippen LogP contribution in [0.25, 0.3) is 11.0 Å². The fraction of sp³-hybridized carbons (Fsp3) is 0.318. The summed E-state index contributed by atoms with van der Waals surface area (Å²) < 4.78 is 11.6. The van der Waals surface area contributed by atoms with Gasteiger partial charge in [-0.2, -0.15) is 0 Å². The molecule has 26 heavy (non-hydrogen) atoms. The smallest absolute Gasteiger partial charge is 0.220 e. The molecule has 1 aliphatic rings. The molecule has 0 bridgehead atoms. The highest BCUT2D eigenvalue weighted by atomic mass is 16.5. The molecular formula is C22H23NO3. The van der Waals surface area contributed by atoms with Gasteiger partial charge >= 0.3 is 0 Å². The summed E-state index contributed by atoms with van der Waals surface area (Å²) in [6.07, 6.45) is 3.61. The van der Waals surface area contributed by atoms with E-state index < -0.39 is 0 Å². The average Bonchev–Trinajstić information content (AvgIpc) is 3.34. The largest absolute Gasteiger partial charge is 0.459 e. The zero-order valence-corrected chi connectivity index (χ0v) is 14.7. The van der Waals surface area contributed by atoms with E-state index in [2.05, 4.69) is 5.32 Å². The van der Waals surface area contributed by atoms with Gasteiger partial charge in [0, 0.05) is 18.4 Å². The summed E-state index contributed by atoms with van der Waals surface area (Å²) in [5, 5.41) is 4.19. The van der Waals surface area contributed by atoms with Gasteiger partial charge < -0.3 is 14.5 Å². The van der Waals surface area contributed by atoms with Gasteiger partial charge in [0.05, 0.1) is 6.10 Å². The SMILES string of the molecule is O=C(CCC1CCCO1)NC(c1ccccc1)c1cc2ccccc2o1. The molecule has 2 atom stereocenters. The molecule has 1 fully saturated rings. The van der Waals surface area contributed by atoms with Gasteiger partial charge in [0.1, 0.15) is 17.4 Å². The van der Waals surface area contributed by atoms with Gasteiger partial charge in [0.2, 0.25) is 5.91 Å². The Morgan fingerprint density at radius 1 is 1.12 bits per heavy atom. The number of ether oxygens (including phenoxy) is 1. The minimum atomic E-state index is -0.291. The van der Waals surface area contributed by atoms with Crippen molar-refractivity contribution in [2.45, 2.75) is 37.8 Å². The zero-order chi connectivity index (χ0) is 17.8. The molecule has 1 N–H and O–H groups in total. The van der Waals surface area contributed by atoms with Crippen molar-refractivity contribution in [2.24, 2.45) is 0 Å². The van der Waals surface area contributed by atoms with Gasteiger partial charge in [0.15, 0.2) is 0 Å². The maximum Gasteiger partial charge on any atom is 0.220 e. The maximum atomic E-state index is 12.6. The number of benzene rings is 2. The highest BCUT2D eigenvalue weighted by molar-refractivity contribution is 5.79. The number of carbonyl (C=O) groups is 1. The average molecular weight is 349 g/mol. The van der Waals surface area contributed by atoms with E-state index in [4.69, 9.17) is 9.15 Å². The van der Waals surface area contributed by atoms with Gasteiger partial charge in [-0.1, -0.05) is 48.5 Å². The lowest BCUT2D eigenvalue weighted by molar-refractivity contribution is -0.122. The third kappa shape index (κ3) is 3.81. The van der Waals surface area contributed by atoms with Crippen LogP contribution in [0.15, 0.2) is 65.1 Å². The lowest BCUT2D eigenvalue weighted by Crippen LogP contribution is -2.29. The molecule has 1 aromatic heterocycles. The molecule has 4 rings (SSSR count). The van der Waals surface area contributed by atoms with Crippen LogP contribution in [0.1, 0.15) is 43.0 Å². The minimum Gasteiger partial charge on any atom is -0.459 e. The quantitative estimate of drug-likeness (QED) is 0.708. The fourth-order valence-corrected chi connectivity index (χ4v) is 3.51. The molecule has 4 heteroatoms. The Balaban J connectivity index is 1.53. The van der Waals surface area contributed by atoms with Gasteiger partial charge in [-0.25, -0.2) is 0 Å². The zero-order valence-electron chi connectivity index (χ0n) is 14.7. The number of amides is 1. The number of para-hydroxylation sites is 1. The van der Waals surface area contributed by atoms with Gasteiger partial charge in [0.25, 0.3) is 0 Å². The Hall–Kier alpha value is -2.59. The van der Waals surface area contributed by atoms with E-state index in [9.17, 15) is 4.79 Å². The number of carbonyl (C=O) groups excluding carboxylic acids is 1. The molecular weight excluding hydrogens is 326 g/mol. The van der Waals surface area contributed by atoms with Crippen molar-refractivity contribution in [2.75, 3.05) is 6.61 Å². The molecule has 3 aromatic rings. The summed E-state index contributed by atoms with van der Waals surface area (Å²) in [7, 11) is 0. The molecule has 1 aliphatic heterocycles. The van der Waals surface area contributed by atoms with Crippen LogP contribution in [0.5, 0.6) is 0 Å². The van der Waals surface area contributed by atoms with Crippen LogP contribution in [0, 0.1) is 0 Å². The molecule has 134 valence electrons. The van der Waals surface area contributed by atoms with Crippen LogP contribution in [0.3, 0.4) is 0 Å². The summed E-state index contributed by atoms with van der Waals surface area (Å²) in [5.41, 5.74) is 1.84. The van der Waals surface area contributed by atoms with Gasteiger partial charge in [-0.15, -0.1) is 0 Å². The Labute approximate surface area is 153 Å². The van der Waals surface area contributed by atoms with Crippen molar-refractivity contribution >= 4 is 16.9 Å². The second-order valence-electron chi connectivity index (χ2n) is 6.77. The molecule has 2 aromatic carbocycles. The molecule has 1 amide bonds. The Morgan fingerprint density at radius 3 is 2.69 bits per heavy atom. The summed E-state index contributed by atoms with van der Waals surface area (Å²) in [6.45, 7) is 0.817. The van der Waals surface area contributed by atoms with E-state index in [1.54, 1.807) is 0 Å². The van der Waals surface area contributed by atoms with E-state index >= 15 is 0 Å². The van der Waals surface area contributed by atoms with E-state index in [0.29, 0.717) is 6.42 Å². The fourth-order valence-electron chi connectivity index (χ4n) is 3.51. The molecule has 0 aliphatic carbocycles. The number of hydrogen-bond acceptors (Lipinski definition) is 3. The van der Waals surface area contributed by atoms with Crippen molar-refractivity contribution < 1.29 is 13.9 Å². The first-order chi connectivity index (χ1) is 12.8. The van der Waals surface area contributed by atoms with Crippen molar-refractivity contribution in [3.63, 3.8) is 0 Å². The highest BCUT2D eigenvalue weighted by Crippen LogP contribution is 2.28. The molecule has 0 radical (unpaired) electrons. The number of nitrogens with one attached hydrogen (secondary N) is 1. The Bertz CT molecular complexity index is 832. The minimum absolute atomic E-state index is 0.0230. The monoisotopic (exact) mass is 349 g/mol. The second kappa shape index (κ2) is 7.75. The second-order valence-corrected chi connectivity index (χ2v) is 6.77. The first-order valence-electron chi connectivity index (χ1n) is 9.24. The molecule has 0 spiro atoms. The summed E-state index contributed by atoms with van der Waals surface area (Å²) in [6, 6.07) is 19.6. The lowest BCUT2D eigenvalue weighted by atomic mass is 10.0. The number of hydrogen-bond donors (Lipinski definition) is 1. The molecule has 2 unspecified atom stereocenters. The third-order valence-corrected chi connectivity index (χ3v) is 4.88. The van der Waals surface area contributed by atoms with Crippen LogP contribution in [0.4, 0.5) is 0 Å². The van der Waals surface area contributed by atoms with E-state index in [1.165, 1.54) is 0 Å². The van der Waals surface area contributed by atoms with Crippen LogP contribution < -0.4 is 5.32 Å². The molecule has 2 heterocycles. The van der Waals surface area contributed by atoms with Crippen molar-refractivity contribution in [3.05, 3.63) is 72.0 Å². The van der Waals surface area contributed by atoms with E-state index in [1.807, 2.05) is 60.7 Å². The van der Waals surface area contributed by atoms with Gasteiger partial charge in [-0.3, -0.25) is 4.79 Å². The Kier molecular flexibility index (Phi) is 5.02. The number of rotatable bonds is 6. The summed E-state index contributed by atoms with van der Waals surface area (Å²) in [5.74, 6) is 0.776. The van der Waals surface area contributed by atoms with Crippen LogP contribution in [0.2, 0.25) is 0 Å². The molecule has 4 nitrogen and oxygen atoms in total. The van der Waals surface area contributed by atoms with Gasteiger partial charge in [-0.05, 0) is 37.0 Å². The standard InChI is InChI=1S/C22H23NO3/c24-21(13-12-18-10-6-14-25-18)23-22(16-7-2-1-3-8-16)20-15-17-9-4-5-11-19(17)26-20/h1-5,7-9,11,15,18,22H,6,10,12-14H2,(H,23,24). The predicted molar refractivity (Wildman–Crippen MR) is 101 cm³/mol. The van der Waals surface area contributed by atoms with Crippen molar-refractivity contribution in [3.8, 4) is 0 Å². The normalized spacial score (nSPS) is 18.1. The summed E-state index contributed by atoms with van der Waals surface area (Å²) in [4.78, 5) is 12.6. The first-order valence-corrected chi connectivity index (χ1v) is 9.24. The summed E-state index contributed by atoms with van der Waals surface area (Å²) >= 11 is 0. The molecule has 0 saturated carbocycles. The van der Waals surface area contributed by atoms with Crippen LogP contribution >= 0.6 is 0 Å². The van der Waals surface area contributed by atoms with Crippen molar-refractivity contribution in [1.82, 2.24) is 5.32 Å². The predicted octanol–water partition coefficient (Wildman–Crippen LogP) is 4.60. The first kappa shape index (κ1) is 16.9. The number of furan rings is 1. The highest BCUT2D eigenvalue weighted by Gasteiger charge is 2.22. The lowest BCUT2D eigenvalue weighted by Gasteiger charge is -2.18. The third-order valence-electron chi connectivity index (χ3n) is 4.88. The van der Waals surface area contributed by atoms with Crippen LogP contribution in [-0.4, -0.2) is 18.6 Å². The topological polar surface area (TPSA) is 51.5 Å². The maximum absolute atomic E-state index is 12.6. The van der Waals surface area contributed by atoms with Crippen LogP contribution in [-0.2, 0) is 9.53 Å².